The van der Waals surface area contributed by atoms with Crippen LogP contribution in [0.2, 0.25) is 0 Å². The molecule has 1 aromatic carbocycles. The Morgan fingerprint density at radius 2 is 1.21 bits per heavy atom. The van der Waals surface area contributed by atoms with Crippen molar-refractivity contribution < 1.29 is 28.5 Å². The fourth-order valence-electron chi connectivity index (χ4n) is 1.56. The maximum atomic E-state index is 11.5. The van der Waals surface area contributed by atoms with Crippen LogP contribution in [-0.4, -0.2) is 37.4 Å². The molecule has 0 N–H and O–H groups in total. The van der Waals surface area contributed by atoms with Gasteiger partial charge < -0.3 is 18.9 Å². The lowest BCUT2D eigenvalue weighted by Crippen LogP contribution is -2.26. The lowest BCUT2D eigenvalue weighted by Gasteiger charge is -2.15. The third-order valence-corrected chi connectivity index (χ3v) is 2.71. The maximum Gasteiger partial charge on any atom is 0.347 e. The summed E-state index contributed by atoms with van der Waals surface area (Å²) in [6.07, 6.45) is 8.41. The van der Waals surface area contributed by atoms with Gasteiger partial charge in [0, 0.05) is 0 Å². The van der Waals surface area contributed by atoms with Crippen LogP contribution in [0, 0.1) is 24.7 Å². The normalized spacial score (nSPS) is 12.0. The third kappa shape index (κ3) is 6.33. The van der Waals surface area contributed by atoms with E-state index >= 15 is 0 Å². The minimum atomic E-state index is -0.803. The molecule has 0 saturated heterocycles. The number of terminal acetylenes is 2. The number of hydrogen-bond acceptors (Lipinski definition) is 6. The molecule has 0 spiro atoms. The zero-order valence-corrected chi connectivity index (χ0v) is 13.5. The van der Waals surface area contributed by atoms with Crippen LogP contribution in [-0.2, 0) is 19.1 Å². The van der Waals surface area contributed by atoms with E-state index in [1.807, 2.05) is 0 Å². The van der Waals surface area contributed by atoms with Crippen LogP contribution >= 0.6 is 0 Å². The lowest BCUT2D eigenvalue weighted by molar-refractivity contribution is -0.150. The summed E-state index contributed by atoms with van der Waals surface area (Å²) >= 11 is 0. The first-order valence-corrected chi connectivity index (χ1v) is 7.11. The van der Waals surface area contributed by atoms with Crippen molar-refractivity contribution in [1.82, 2.24) is 0 Å². The summed E-state index contributed by atoms with van der Waals surface area (Å²) in [6, 6.07) is 6.39. The van der Waals surface area contributed by atoms with E-state index in [0.29, 0.717) is 11.5 Å². The van der Waals surface area contributed by atoms with Gasteiger partial charge in [-0.15, -0.1) is 12.8 Å². The topological polar surface area (TPSA) is 71.1 Å². The second kappa shape index (κ2) is 9.81. The van der Waals surface area contributed by atoms with Gasteiger partial charge in [-0.2, -0.15) is 0 Å². The van der Waals surface area contributed by atoms with Crippen molar-refractivity contribution in [3.63, 3.8) is 0 Å². The molecule has 0 saturated carbocycles. The van der Waals surface area contributed by atoms with Crippen molar-refractivity contribution in [1.29, 1.82) is 0 Å². The van der Waals surface area contributed by atoms with Crippen LogP contribution in [0.3, 0.4) is 0 Å². The summed E-state index contributed by atoms with van der Waals surface area (Å²) in [5.74, 6) is 4.17. The number of hydrogen-bond donors (Lipinski definition) is 0. The molecule has 0 bridgehead atoms. The monoisotopic (exact) mass is 330 g/mol. The number of rotatable bonds is 8. The molecule has 24 heavy (non-hydrogen) atoms. The van der Waals surface area contributed by atoms with Crippen LogP contribution in [0.15, 0.2) is 24.3 Å². The van der Waals surface area contributed by atoms with Gasteiger partial charge in [0.15, 0.2) is 25.4 Å². The molecule has 6 heteroatoms. The maximum absolute atomic E-state index is 11.5. The fourth-order valence-corrected chi connectivity index (χ4v) is 1.56. The van der Waals surface area contributed by atoms with Crippen molar-refractivity contribution in [3.05, 3.63) is 24.3 Å². The number of benzene rings is 1. The number of carbonyl (C=O) groups is 2. The number of carbonyl (C=O) groups excluding carboxylic acids is 2. The molecule has 0 aliphatic heterocycles. The van der Waals surface area contributed by atoms with E-state index in [2.05, 4.69) is 11.8 Å². The van der Waals surface area contributed by atoms with Crippen molar-refractivity contribution >= 4 is 11.9 Å². The molecule has 0 fully saturated rings. The highest BCUT2D eigenvalue weighted by molar-refractivity contribution is 5.75. The van der Waals surface area contributed by atoms with Crippen molar-refractivity contribution in [2.75, 3.05) is 13.2 Å². The Balaban J connectivity index is 2.54. The average Bonchev–Trinajstić information content (AvgIpc) is 2.58. The van der Waals surface area contributed by atoms with Crippen molar-refractivity contribution in [3.8, 4) is 36.2 Å². The Morgan fingerprint density at radius 1 is 0.875 bits per heavy atom. The van der Waals surface area contributed by atoms with Gasteiger partial charge in [-0.25, -0.2) is 9.59 Å². The summed E-state index contributed by atoms with van der Waals surface area (Å²) in [6.45, 7) is 2.89. The van der Waals surface area contributed by atoms with Gasteiger partial charge in [-0.3, -0.25) is 0 Å². The Bertz CT molecular complexity index is 578. The van der Waals surface area contributed by atoms with Gasteiger partial charge in [0.1, 0.15) is 11.5 Å². The molecular formula is C18H18O6. The first kappa shape index (κ1) is 18.9. The van der Waals surface area contributed by atoms with E-state index < -0.39 is 24.1 Å². The van der Waals surface area contributed by atoms with E-state index in [4.69, 9.17) is 31.8 Å². The molecule has 0 aliphatic carbocycles. The lowest BCUT2D eigenvalue weighted by atomic mass is 10.3. The summed E-state index contributed by atoms with van der Waals surface area (Å²) in [4.78, 5) is 23.1. The quantitative estimate of drug-likeness (QED) is 0.532. The zero-order valence-electron chi connectivity index (χ0n) is 13.5. The Kier molecular flexibility index (Phi) is 7.73. The highest BCUT2D eigenvalue weighted by Gasteiger charge is 2.17. The van der Waals surface area contributed by atoms with Crippen LogP contribution in [0.4, 0.5) is 0 Å². The Morgan fingerprint density at radius 3 is 1.50 bits per heavy atom. The van der Waals surface area contributed by atoms with Crippen LogP contribution in [0.25, 0.3) is 0 Å². The van der Waals surface area contributed by atoms with E-state index in [1.54, 1.807) is 38.1 Å². The summed E-state index contributed by atoms with van der Waals surface area (Å²) < 4.78 is 20.4. The Hall–Kier alpha value is -3.12. The standard InChI is InChI=1S/C18H18O6/c1-5-11-21-17(19)13(3)23-15-7-9-16(10-8-15)24-14(4)18(20)22-12-6-2/h1-2,7-10,13-14H,11-12H2,3-4H3. The second-order valence-electron chi connectivity index (χ2n) is 4.62. The van der Waals surface area contributed by atoms with E-state index in [0.717, 1.165) is 0 Å². The molecule has 126 valence electrons. The summed E-state index contributed by atoms with van der Waals surface area (Å²) in [7, 11) is 0. The zero-order chi connectivity index (χ0) is 17.9. The SMILES string of the molecule is C#CCOC(=O)C(C)Oc1ccc(OC(C)C(=O)OCC#C)cc1. The highest BCUT2D eigenvalue weighted by atomic mass is 16.6. The smallest absolute Gasteiger partial charge is 0.347 e. The predicted octanol–water partition coefficient (Wildman–Crippen LogP) is 1.57. The number of ether oxygens (including phenoxy) is 4. The molecule has 0 amide bonds. The van der Waals surface area contributed by atoms with Gasteiger partial charge >= 0.3 is 11.9 Å². The van der Waals surface area contributed by atoms with Crippen LogP contribution < -0.4 is 9.47 Å². The summed E-state index contributed by atoms with van der Waals surface area (Å²) in [5, 5.41) is 0. The molecule has 0 aromatic heterocycles. The molecule has 1 rings (SSSR count). The van der Waals surface area contributed by atoms with Crippen molar-refractivity contribution in [2.24, 2.45) is 0 Å². The van der Waals surface area contributed by atoms with Crippen molar-refractivity contribution in [2.45, 2.75) is 26.1 Å². The third-order valence-electron chi connectivity index (χ3n) is 2.71. The molecule has 0 aliphatic rings. The largest absolute Gasteiger partial charge is 0.479 e. The predicted molar refractivity (Wildman–Crippen MR) is 86.2 cm³/mol. The Labute approximate surface area is 141 Å². The molecule has 0 radical (unpaired) electrons. The first-order chi connectivity index (χ1) is 11.5. The molecule has 0 heterocycles. The molecule has 2 unspecified atom stereocenters. The second-order valence-corrected chi connectivity index (χ2v) is 4.62. The van der Waals surface area contributed by atoms with Gasteiger partial charge in [-0.1, -0.05) is 11.8 Å². The van der Waals surface area contributed by atoms with E-state index in [-0.39, 0.29) is 13.2 Å². The van der Waals surface area contributed by atoms with Gasteiger partial charge in [0.2, 0.25) is 0 Å². The summed E-state index contributed by atoms with van der Waals surface area (Å²) in [5.41, 5.74) is 0. The molecule has 2 atom stereocenters. The average molecular weight is 330 g/mol. The molecule has 1 aromatic rings. The number of esters is 2. The van der Waals surface area contributed by atoms with E-state index in [9.17, 15) is 9.59 Å². The highest BCUT2D eigenvalue weighted by Crippen LogP contribution is 2.20. The van der Waals surface area contributed by atoms with Crippen LogP contribution in [0.1, 0.15) is 13.8 Å². The van der Waals surface area contributed by atoms with Gasteiger partial charge in [-0.05, 0) is 38.1 Å². The fraction of sp³-hybridized carbons (Fsp3) is 0.333. The minimum absolute atomic E-state index is 0.104. The molecular weight excluding hydrogens is 312 g/mol. The first-order valence-electron chi connectivity index (χ1n) is 7.11. The van der Waals surface area contributed by atoms with Gasteiger partial charge in [0.25, 0.3) is 0 Å². The minimum Gasteiger partial charge on any atom is -0.479 e. The van der Waals surface area contributed by atoms with E-state index in [1.165, 1.54) is 0 Å². The molecule has 6 nitrogen and oxygen atoms in total. The van der Waals surface area contributed by atoms with Crippen LogP contribution in [0.5, 0.6) is 11.5 Å². The van der Waals surface area contributed by atoms with Gasteiger partial charge in [0.05, 0.1) is 0 Å².